The molecular weight excluding hydrogens is 262 g/mol. The van der Waals surface area contributed by atoms with Gasteiger partial charge in [-0.2, -0.15) is 0 Å². The molecule has 1 fully saturated rings. The van der Waals surface area contributed by atoms with Crippen molar-refractivity contribution in [3.8, 4) is 0 Å². The van der Waals surface area contributed by atoms with Crippen LogP contribution in [0.25, 0.3) is 0 Å². The van der Waals surface area contributed by atoms with Gasteiger partial charge in [-0.3, -0.25) is 0 Å². The van der Waals surface area contributed by atoms with E-state index in [1.165, 1.54) is 55.4 Å². The zero-order valence-corrected chi connectivity index (χ0v) is 13.8. The number of hydrogen-bond donors (Lipinski definition) is 1. The molecular formula is C18H29NS. The maximum absolute atomic E-state index is 3.84. The fraction of sp³-hybridized carbons (Fsp3) is 0.667. The summed E-state index contributed by atoms with van der Waals surface area (Å²) in [6, 6.07) is 9.53. The van der Waals surface area contributed by atoms with E-state index < -0.39 is 0 Å². The van der Waals surface area contributed by atoms with Crippen molar-refractivity contribution in [1.82, 2.24) is 5.32 Å². The van der Waals surface area contributed by atoms with Gasteiger partial charge in [0.1, 0.15) is 0 Å². The zero-order chi connectivity index (χ0) is 14.2. The van der Waals surface area contributed by atoms with Crippen molar-refractivity contribution in [2.24, 2.45) is 5.92 Å². The summed E-state index contributed by atoms with van der Waals surface area (Å²) in [4.78, 5) is 1.45. The van der Waals surface area contributed by atoms with Gasteiger partial charge in [0.15, 0.2) is 0 Å². The number of hydrogen-bond acceptors (Lipinski definition) is 2. The molecule has 0 spiro atoms. The van der Waals surface area contributed by atoms with Crippen molar-refractivity contribution in [3.05, 3.63) is 29.8 Å². The largest absolute Gasteiger partial charge is 0.310 e. The molecule has 1 aromatic carbocycles. The van der Waals surface area contributed by atoms with Gasteiger partial charge < -0.3 is 5.32 Å². The fourth-order valence-corrected chi connectivity index (χ4v) is 4.04. The van der Waals surface area contributed by atoms with Crippen LogP contribution in [0.15, 0.2) is 29.2 Å². The first-order valence-corrected chi connectivity index (χ1v) is 9.45. The summed E-state index contributed by atoms with van der Waals surface area (Å²) in [5.41, 5.74) is 1.53. The van der Waals surface area contributed by atoms with Crippen LogP contribution in [0.2, 0.25) is 0 Å². The monoisotopic (exact) mass is 291 g/mol. The van der Waals surface area contributed by atoms with E-state index in [1.54, 1.807) is 0 Å². The topological polar surface area (TPSA) is 12.0 Å². The average Bonchev–Trinajstić information content (AvgIpc) is 2.77. The molecule has 1 aliphatic carbocycles. The minimum Gasteiger partial charge on any atom is -0.310 e. The van der Waals surface area contributed by atoms with E-state index in [2.05, 4.69) is 42.8 Å². The third-order valence-electron chi connectivity index (χ3n) is 4.46. The summed E-state index contributed by atoms with van der Waals surface area (Å²) in [6.07, 6.45) is 11.9. The van der Waals surface area contributed by atoms with Gasteiger partial charge in [-0.1, -0.05) is 50.8 Å². The van der Waals surface area contributed by atoms with E-state index in [4.69, 9.17) is 0 Å². The molecule has 1 unspecified atom stereocenters. The molecule has 0 saturated heterocycles. The summed E-state index contributed by atoms with van der Waals surface area (Å²) >= 11 is 1.89. The normalized spacial score (nSPS) is 18.7. The van der Waals surface area contributed by atoms with Crippen LogP contribution in [0.4, 0.5) is 0 Å². The fourth-order valence-electron chi connectivity index (χ4n) is 3.40. The maximum Gasteiger partial charge on any atom is 0.0359 e. The predicted octanol–water partition coefficient (Wildman–Crippen LogP) is 5.42. The third kappa shape index (κ3) is 4.26. The van der Waals surface area contributed by atoms with Gasteiger partial charge >= 0.3 is 0 Å². The summed E-state index contributed by atoms with van der Waals surface area (Å²) < 4.78 is 0. The Morgan fingerprint density at radius 3 is 2.50 bits per heavy atom. The van der Waals surface area contributed by atoms with Crippen LogP contribution in [0.5, 0.6) is 0 Å². The van der Waals surface area contributed by atoms with Gasteiger partial charge in [-0.05, 0) is 49.6 Å². The quantitative estimate of drug-likeness (QED) is 0.555. The minimum atomic E-state index is 0.552. The highest BCUT2D eigenvalue weighted by molar-refractivity contribution is 7.98. The highest BCUT2D eigenvalue weighted by Gasteiger charge is 2.25. The Morgan fingerprint density at radius 1 is 1.15 bits per heavy atom. The molecule has 1 saturated carbocycles. The average molecular weight is 292 g/mol. The first-order chi connectivity index (χ1) is 9.86. The van der Waals surface area contributed by atoms with Crippen molar-refractivity contribution in [2.75, 3.05) is 12.8 Å². The lowest BCUT2D eigenvalue weighted by Gasteiger charge is -2.29. The van der Waals surface area contributed by atoms with E-state index in [9.17, 15) is 0 Å². The molecule has 1 N–H and O–H groups in total. The second-order valence-corrected chi connectivity index (χ2v) is 6.77. The molecule has 112 valence electrons. The lowest BCUT2D eigenvalue weighted by Crippen LogP contribution is -2.29. The lowest BCUT2D eigenvalue weighted by atomic mass is 9.87. The first-order valence-electron chi connectivity index (χ1n) is 8.23. The standard InChI is InChI=1S/C18H29NS/c1-3-14-19-18(15-10-6-4-5-7-11-15)16-12-8-9-13-17(16)20-2/h8-9,12-13,15,18-19H,3-7,10-11,14H2,1-2H3. The Kier molecular flexibility index (Phi) is 6.95. The smallest absolute Gasteiger partial charge is 0.0359 e. The minimum absolute atomic E-state index is 0.552. The molecule has 1 atom stereocenters. The number of benzene rings is 1. The molecule has 0 bridgehead atoms. The van der Waals surface area contributed by atoms with Crippen LogP contribution >= 0.6 is 11.8 Å². The molecule has 0 amide bonds. The number of rotatable bonds is 6. The van der Waals surface area contributed by atoms with Gasteiger partial charge in [0.05, 0.1) is 0 Å². The molecule has 2 heteroatoms. The van der Waals surface area contributed by atoms with Crippen LogP contribution in [0, 0.1) is 5.92 Å². The molecule has 1 nitrogen and oxygen atoms in total. The second-order valence-electron chi connectivity index (χ2n) is 5.93. The number of thioether (sulfide) groups is 1. The second kappa shape index (κ2) is 8.74. The van der Waals surface area contributed by atoms with Gasteiger partial charge in [0.2, 0.25) is 0 Å². The lowest BCUT2D eigenvalue weighted by molar-refractivity contribution is 0.322. The van der Waals surface area contributed by atoms with Crippen molar-refractivity contribution < 1.29 is 0 Å². The van der Waals surface area contributed by atoms with E-state index in [0.29, 0.717) is 6.04 Å². The molecule has 0 radical (unpaired) electrons. The SMILES string of the molecule is CCCNC(c1ccccc1SC)C1CCCCCC1. The summed E-state index contributed by atoms with van der Waals surface area (Å²) in [5, 5.41) is 3.84. The van der Waals surface area contributed by atoms with E-state index in [-0.39, 0.29) is 0 Å². The Hall–Kier alpha value is -0.470. The maximum atomic E-state index is 3.84. The van der Waals surface area contributed by atoms with Crippen LogP contribution in [0.1, 0.15) is 63.5 Å². The van der Waals surface area contributed by atoms with Crippen LogP contribution in [-0.2, 0) is 0 Å². The Morgan fingerprint density at radius 2 is 1.85 bits per heavy atom. The van der Waals surface area contributed by atoms with E-state index in [0.717, 1.165) is 12.5 Å². The van der Waals surface area contributed by atoms with Crippen LogP contribution in [-0.4, -0.2) is 12.8 Å². The van der Waals surface area contributed by atoms with E-state index >= 15 is 0 Å². The van der Waals surface area contributed by atoms with E-state index in [1.807, 2.05) is 11.8 Å². The Bertz CT molecular complexity index is 383. The van der Waals surface area contributed by atoms with Gasteiger partial charge in [-0.25, -0.2) is 0 Å². The molecule has 20 heavy (non-hydrogen) atoms. The van der Waals surface area contributed by atoms with Gasteiger partial charge in [-0.15, -0.1) is 11.8 Å². The molecule has 0 heterocycles. The highest BCUT2D eigenvalue weighted by atomic mass is 32.2. The molecule has 2 rings (SSSR count). The summed E-state index contributed by atoms with van der Waals surface area (Å²) in [5.74, 6) is 0.817. The third-order valence-corrected chi connectivity index (χ3v) is 5.27. The van der Waals surface area contributed by atoms with Gasteiger partial charge in [0, 0.05) is 10.9 Å². The molecule has 0 aromatic heterocycles. The van der Waals surface area contributed by atoms with Crippen LogP contribution < -0.4 is 5.32 Å². The summed E-state index contributed by atoms with van der Waals surface area (Å²) in [6.45, 7) is 3.39. The Balaban J connectivity index is 2.20. The molecule has 1 aliphatic rings. The molecule has 1 aromatic rings. The zero-order valence-electron chi connectivity index (χ0n) is 13.0. The Labute approximate surface area is 128 Å². The summed E-state index contributed by atoms with van der Waals surface area (Å²) in [7, 11) is 0. The van der Waals surface area contributed by atoms with Gasteiger partial charge in [0.25, 0.3) is 0 Å². The van der Waals surface area contributed by atoms with Crippen molar-refractivity contribution in [1.29, 1.82) is 0 Å². The molecule has 0 aliphatic heterocycles. The van der Waals surface area contributed by atoms with Crippen molar-refractivity contribution >= 4 is 11.8 Å². The number of nitrogens with one attached hydrogen (secondary N) is 1. The predicted molar refractivity (Wildman–Crippen MR) is 90.4 cm³/mol. The van der Waals surface area contributed by atoms with Crippen LogP contribution in [0.3, 0.4) is 0 Å². The van der Waals surface area contributed by atoms with Crippen molar-refractivity contribution in [2.45, 2.75) is 62.8 Å². The van der Waals surface area contributed by atoms with Crippen molar-refractivity contribution in [3.63, 3.8) is 0 Å². The highest BCUT2D eigenvalue weighted by Crippen LogP contribution is 2.37. The first kappa shape index (κ1) is 15.9.